The van der Waals surface area contributed by atoms with Crippen LogP contribution in [-0.2, 0) is 7.05 Å². The van der Waals surface area contributed by atoms with Crippen LogP contribution in [0.15, 0.2) is 35.1 Å². The van der Waals surface area contributed by atoms with Crippen LogP contribution in [0.2, 0.25) is 5.02 Å². The highest BCUT2D eigenvalue weighted by Gasteiger charge is 2.41. The summed E-state index contributed by atoms with van der Waals surface area (Å²) in [5.74, 6) is -0.137. The van der Waals surface area contributed by atoms with Crippen molar-refractivity contribution in [2.75, 3.05) is 24.6 Å². The van der Waals surface area contributed by atoms with Gasteiger partial charge in [0.1, 0.15) is 35.4 Å². The number of hydrogen-bond acceptors (Lipinski definition) is 6. The van der Waals surface area contributed by atoms with Crippen LogP contribution in [0.1, 0.15) is 37.6 Å². The zero-order valence-corrected chi connectivity index (χ0v) is 20.0. The van der Waals surface area contributed by atoms with Crippen molar-refractivity contribution < 1.29 is 9.13 Å². The molecule has 0 bridgehead atoms. The molecule has 176 valence electrons. The maximum absolute atomic E-state index is 14.2. The Morgan fingerprint density at radius 1 is 1.32 bits per heavy atom. The molecular weight excluding hydrogens is 457 g/mol. The summed E-state index contributed by atoms with van der Waals surface area (Å²) >= 11 is 5.91. The van der Waals surface area contributed by atoms with Crippen LogP contribution in [0.3, 0.4) is 0 Å². The van der Waals surface area contributed by atoms with Crippen LogP contribution in [0, 0.1) is 17.1 Å². The van der Waals surface area contributed by atoms with Gasteiger partial charge in [-0.05, 0) is 43.2 Å². The third-order valence-corrected chi connectivity index (χ3v) is 7.31. The molecule has 0 saturated carbocycles. The second-order valence-electron chi connectivity index (χ2n) is 8.98. The molecule has 2 aromatic heterocycles. The highest BCUT2D eigenvalue weighted by atomic mass is 35.5. The molecule has 0 amide bonds. The Balaban J connectivity index is 1.56. The third kappa shape index (κ3) is 3.51. The molecule has 0 N–H and O–H groups in total. The number of benzene rings is 1. The number of aryl methyl sites for hydroxylation is 1. The van der Waals surface area contributed by atoms with E-state index in [4.69, 9.17) is 16.3 Å². The number of nitriles is 1. The van der Waals surface area contributed by atoms with E-state index < -0.39 is 5.82 Å². The normalized spacial score (nSPS) is 20.9. The molecule has 3 atom stereocenters. The lowest BCUT2D eigenvalue weighted by atomic mass is 9.96. The first kappa shape index (κ1) is 22.6. The van der Waals surface area contributed by atoms with Gasteiger partial charge in [-0.25, -0.2) is 9.37 Å². The van der Waals surface area contributed by atoms with Crippen molar-refractivity contribution in [3.63, 3.8) is 0 Å². The summed E-state index contributed by atoms with van der Waals surface area (Å²) in [7, 11) is 1.69. The minimum Gasteiger partial charge on any atom is -0.484 e. The number of aromatic nitrogens is 2. The zero-order chi connectivity index (χ0) is 24.1. The summed E-state index contributed by atoms with van der Waals surface area (Å²) in [6.07, 6.45) is 0.812. The van der Waals surface area contributed by atoms with Crippen LogP contribution in [0.25, 0.3) is 11.0 Å². The lowest BCUT2D eigenvalue weighted by molar-refractivity contribution is 0.0822. The molecule has 1 aromatic carbocycles. The van der Waals surface area contributed by atoms with E-state index in [2.05, 4.69) is 34.7 Å². The molecule has 2 aliphatic rings. The first-order valence-electron chi connectivity index (χ1n) is 11.4. The Labute approximate surface area is 201 Å². The Bertz CT molecular complexity index is 1380. The Hall–Kier alpha value is -3.15. The molecular formula is C25H25ClFN5O2. The van der Waals surface area contributed by atoms with Crippen molar-refractivity contribution in [3.05, 3.63) is 62.8 Å². The number of rotatable bonds is 3. The van der Waals surface area contributed by atoms with Gasteiger partial charge < -0.3 is 14.2 Å². The number of anilines is 1. The summed E-state index contributed by atoms with van der Waals surface area (Å²) in [5, 5.41) is 9.52. The van der Waals surface area contributed by atoms with Crippen molar-refractivity contribution in [1.82, 2.24) is 14.5 Å². The van der Waals surface area contributed by atoms with E-state index in [9.17, 15) is 14.4 Å². The second kappa shape index (κ2) is 8.57. The van der Waals surface area contributed by atoms with Gasteiger partial charge in [-0.1, -0.05) is 24.6 Å². The molecule has 3 aromatic rings. The summed E-state index contributed by atoms with van der Waals surface area (Å²) < 4.78 is 21.8. The standard InChI is InChI=1S/C25H25ClFN5O2/c1-4-20(15-5-7-18(26)19(27)9-15)31-12-17-13-34-24-23(32(17)11-14(31)2)22-21(30(3)25(24)33)8-6-16(10-28)29-22/h5-9,14,17,20H,4,11-13H2,1-3H3/t14-,17+,20+/m1/s1. The van der Waals surface area contributed by atoms with Crippen molar-refractivity contribution >= 4 is 28.3 Å². The van der Waals surface area contributed by atoms with E-state index in [0.29, 0.717) is 36.4 Å². The lowest BCUT2D eigenvalue weighted by Crippen LogP contribution is -2.61. The second-order valence-corrected chi connectivity index (χ2v) is 9.39. The van der Waals surface area contributed by atoms with Crippen molar-refractivity contribution in [3.8, 4) is 11.8 Å². The molecule has 34 heavy (non-hydrogen) atoms. The van der Waals surface area contributed by atoms with Gasteiger partial charge in [-0.15, -0.1) is 0 Å². The van der Waals surface area contributed by atoms with Crippen LogP contribution in [0.5, 0.6) is 5.75 Å². The molecule has 0 spiro atoms. The number of halogens is 2. The highest BCUT2D eigenvalue weighted by Crippen LogP contribution is 2.40. The van der Waals surface area contributed by atoms with Crippen LogP contribution >= 0.6 is 11.6 Å². The minimum absolute atomic E-state index is 0.0160. The molecule has 0 radical (unpaired) electrons. The summed E-state index contributed by atoms with van der Waals surface area (Å²) in [6.45, 7) is 5.91. The van der Waals surface area contributed by atoms with Gasteiger partial charge in [0.05, 0.1) is 16.6 Å². The molecule has 1 saturated heterocycles. The van der Waals surface area contributed by atoms with Gasteiger partial charge >= 0.3 is 0 Å². The van der Waals surface area contributed by atoms with Crippen LogP contribution in [0.4, 0.5) is 10.1 Å². The van der Waals surface area contributed by atoms with E-state index >= 15 is 0 Å². The molecule has 1 fully saturated rings. The average Bonchev–Trinajstić information content (AvgIpc) is 2.84. The Kier molecular flexibility index (Phi) is 5.70. The summed E-state index contributed by atoms with van der Waals surface area (Å²) in [4.78, 5) is 22.2. The summed E-state index contributed by atoms with van der Waals surface area (Å²) in [5.41, 5.74) is 2.87. The largest absolute Gasteiger partial charge is 0.484 e. The van der Waals surface area contributed by atoms with Crippen LogP contribution < -0.4 is 15.2 Å². The first-order chi connectivity index (χ1) is 16.3. The Morgan fingerprint density at radius 2 is 2.12 bits per heavy atom. The number of nitrogens with zero attached hydrogens (tertiary/aromatic N) is 5. The third-order valence-electron chi connectivity index (χ3n) is 7.00. The lowest BCUT2D eigenvalue weighted by Gasteiger charge is -2.50. The van der Waals surface area contributed by atoms with E-state index in [1.807, 2.05) is 6.07 Å². The molecule has 9 heteroatoms. The van der Waals surface area contributed by atoms with E-state index in [1.54, 1.807) is 25.2 Å². The molecule has 0 aliphatic carbocycles. The van der Waals surface area contributed by atoms with Crippen molar-refractivity contribution in [1.29, 1.82) is 5.26 Å². The van der Waals surface area contributed by atoms with Crippen LogP contribution in [-0.4, -0.2) is 46.2 Å². The maximum atomic E-state index is 14.2. The zero-order valence-electron chi connectivity index (χ0n) is 19.3. The quantitative estimate of drug-likeness (QED) is 0.562. The smallest absolute Gasteiger partial charge is 0.295 e. The van der Waals surface area contributed by atoms with Gasteiger partial charge in [-0.2, -0.15) is 5.26 Å². The van der Waals surface area contributed by atoms with Gasteiger partial charge in [0.25, 0.3) is 5.56 Å². The maximum Gasteiger partial charge on any atom is 0.295 e. The predicted molar refractivity (Wildman–Crippen MR) is 129 cm³/mol. The predicted octanol–water partition coefficient (Wildman–Crippen LogP) is 4.02. The van der Waals surface area contributed by atoms with E-state index in [0.717, 1.165) is 12.0 Å². The fraction of sp³-hybridized carbons (Fsp3) is 0.400. The number of fused-ring (bicyclic) bond motifs is 5. The van der Waals surface area contributed by atoms with Gasteiger partial charge in [0.15, 0.2) is 0 Å². The fourth-order valence-corrected chi connectivity index (χ4v) is 5.42. The highest BCUT2D eigenvalue weighted by molar-refractivity contribution is 6.30. The number of piperazine rings is 1. The van der Waals surface area contributed by atoms with Gasteiger partial charge in [-0.3, -0.25) is 9.69 Å². The average molecular weight is 482 g/mol. The number of hydrogen-bond donors (Lipinski definition) is 0. The molecule has 2 aliphatic heterocycles. The first-order valence-corrected chi connectivity index (χ1v) is 11.8. The fourth-order valence-electron chi connectivity index (χ4n) is 5.30. The van der Waals surface area contributed by atoms with Gasteiger partial charge in [0, 0.05) is 32.2 Å². The molecule has 5 rings (SSSR count). The molecule has 7 nitrogen and oxygen atoms in total. The number of ether oxygens (including phenoxy) is 1. The van der Waals surface area contributed by atoms with E-state index in [-0.39, 0.29) is 40.2 Å². The Morgan fingerprint density at radius 3 is 2.82 bits per heavy atom. The number of pyridine rings is 2. The molecule has 0 unspecified atom stereocenters. The monoisotopic (exact) mass is 481 g/mol. The topological polar surface area (TPSA) is 74.4 Å². The minimum atomic E-state index is -0.416. The van der Waals surface area contributed by atoms with Gasteiger partial charge in [0.2, 0.25) is 5.75 Å². The SMILES string of the molecule is CC[C@@H](c1ccc(Cl)c(F)c1)N1C[C@H]2COc3c(c4nc(C#N)ccc4n(C)c3=O)N2C[C@H]1C. The van der Waals surface area contributed by atoms with Crippen molar-refractivity contribution in [2.45, 2.75) is 38.4 Å². The molecule has 4 heterocycles. The van der Waals surface area contributed by atoms with E-state index in [1.165, 1.54) is 10.6 Å². The summed E-state index contributed by atoms with van der Waals surface area (Å²) in [6, 6.07) is 10.6. The van der Waals surface area contributed by atoms with Crippen molar-refractivity contribution in [2.24, 2.45) is 7.05 Å².